The minimum Gasteiger partial charge on any atom is -0.481 e. The van der Waals surface area contributed by atoms with Crippen LogP contribution in [0.15, 0.2) is 48.6 Å². The molecular weight excluding hydrogens is 240 g/mol. The monoisotopic (exact) mass is 258 g/mol. The van der Waals surface area contributed by atoms with Gasteiger partial charge in [-0.05, 0) is 29.7 Å². The van der Waals surface area contributed by atoms with Crippen LogP contribution in [0, 0.1) is 5.92 Å². The van der Waals surface area contributed by atoms with Gasteiger partial charge in [0.2, 0.25) is 0 Å². The molecule has 1 aromatic carbocycles. The van der Waals surface area contributed by atoms with Crippen LogP contribution in [-0.2, 0) is 21.6 Å². The SMILES string of the molecule is CCc1ccccc1C1(OC)C=CC(C(=O)O)C=C1. The Hall–Kier alpha value is -1.87. The van der Waals surface area contributed by atoms with Crippen LogP contribution in [0.25, 0.3) is 0 Å². The number of benzene rings is 1. The molecule has 0 saturated carbocycles. The quantitative estimate of drug-likeness (QED) is 0.845. The molecule has 0 fully saturated rings. The Morgan fingerprint density at radius 3 is 2.47 bits per heavy atom. The maximum atomic E-state index is 11.0. The van der Waals surface area contributed by atoms with Crippen molar-refractivity contribution in [2.75, 3.05) is 7.11 Å². The van der Waals surface area contributed by atoms with Crippen molar-refractivity contribution in [3.8, 4) is 0 Å². The van der Waals surface area contributed by atoms with E-state index < -0.39 is 17.5 Å². The molecule has 0 aromatic heterocycles. The van der Waals surface area contributed by atoms with Gasteiger partial charge in [-0.25, -0.2) is 0 Å². The lowest BCUT2D eigenvalue weighted by Crippen LogP contribution is -2.28. The van der Waals surface area contributed by atoms with Gasteiger partial charge in [0, 0.05) is 7.11 Å². The zero-order chi connectivity index (χ0) is 13.9. The lowest BCUT2D eigenvalue weighted by atomic mass is 9.83. The highest BCUT2D eigenvalue weighted by atomic mass is 16.5. The van der Waals surface area contributed by atoms with Crippen LogP contribution in [0.5, 0.6) is 0 Å². The third-order valence-corrected chi connectivity index (χ3v) is 3.54. The maximum absolute atomic E-state index is 11.0. The summed E-state index contributed by atoms with van der Waals surface area (Å²) in [4.78, 5) is 11.0. The topological polar surface area (TPSA) is 46.5 Å². The van der Waals surface area contributed by atoms with E-state index in [2.05, 4.69) is 13.0 Å². The average Bonchev–Trinajstić information content (AvgIpc) is 2.47. The summed E-state index contributed by atoms with van der Waals surface area (Å²) in [5.41, 5.74) is 1.61. The Kier molecular flexibility index (Phi) is 3.86. The van der Waals surface area contributed by atoms with Crippen molar-refractivity contribution in [3.05, 3.63) is 59.7 Å². The Labute approximate surface area is 113 Å². The number of hydrogen-bond donors (Lipinski definition) is 1. The summed E-state index contributed by atoms with van der Waals surface area (Å²) >= 11 is 0. The number of carboxylic acids is 1. The van der Waals surface area contributed by atoms with Gasteiger partial charge in [0.05, 0.1) is 5.92 Å². The van der Waals surface area contributed by atoms with Gasteiger partial charge in [-0.2, -0.15) is 0 Å². The predicted octanol–water partition coefficient (Wildman–Crippen LogP) is 2.92. The molecule has 3 nitrogen and oxygen atoms in total. The van der Waals surface area contributed by atoms with Gasteiger partial charge in [-0.15, -0.1) is 0 Å². The van der Waals surface area contributed by atoms with E-state index in [0.717, 1.165) is 12.0 Å². The molecule has 3 heteroatoms. The van der Waals surface area contributed by atoms with Crippen LogP contribution < -0.4 is 0 Å². The molecule has 0 radical (unpaired) electrons. The number of aliphatic carboxylic acids is 1. The van der Waals surface area contributed by atoms with Crippen LogP contribution in [0.3, 0.4) is 0 Å². The molecular formula is C16H18O3. The number of aryl methyl sites for hydroxylation is 1. The van der Waals surface area contributed by atoms with E-state index in [-0.39, 0.29) is 0 Å². The second-order valence-corrected chi connectivity index (χ2v) is 4.59. The molecule has 1 aliphatic carbocycles. The lowest BCUT2D eigenvalue weighted by Gasteiger charge is -2.31. The number of carbonyl (C=O) groups is 1. The van der Waals surface area contributed by atoms with Gasteiger partial charge in [0.15, 0.2) is 0 Å². The minimum absolute atomic E-state index is 0.572. The van der Waals surface area contributed by atoms with Crippen LogP contribution >= 0.6 is 0 Å². The second-order valence-electron chi connectivity index (χ2n) is 4.59. The van der Waals surface area contributed by atoms with Crippen molar-refractivity contribution in [2.45, 2.75) is 18.9 Å². The number of methoxy groups -OCH3 is 1. The molecule has 1 N–H and O–H groups in total. The van der Waals surface area contributed by atoms with E-state index in [1.807, 2.05) is 30.4 Å². The highest BCUT2D eigenvalue weighted by Crippen LogP contribution is 2.35. The molecule has 100 valence electrons. The number of hydrogen-bond acceptors (Lipinski definition) is 2. The van der Waals surface area contributed by atoms with Gasteiger partial charge in [0.1, 0.15) is 5.60 Å². The summed E-state index contributed by atoms with van der Waals surface area (Å²) in [7, 11) is 1.64. The molecule has 0 aliphatic heterocycles. The third-order valence-electron chi connectivity index (χ3n) is 3.54. The van der Waals surface area contributed by atoms with Crippen molar-refractivity contribution in [3.63, 3.8) is 0 Å². The van der Waals surface area contributed by atoms with E-state index in [4.69, 9.17) is 9.84 Å². The molecule has 0 saturated heterocycles. The summed E-state index contributed by atoms with van der Waals surface area (Å²) in [6.07, 6.45) is 7.93. The van der Waals surface area contributed by atoms with Crippen molar-refractivity contribution < 1.29 is 14.6 Å². The fourth-order valence-electron chi connectivity index (χ4n) is 2.41. The van der Waals surface area contributed by atoms with E-state index in [1.54, 1.807) is 19.3 Å². The average molecular weight is 258 g/mol. The van der Waals surface area contributed by atoms with Crippen LogP contribution in [0.4, 0.5) is 0 Å². The summed E-state index contributed by atoms with van der Waals surface area (Å²) in [5, 5.41) is 9.01. The summed E-state index contributed by atoms with van der Waals surface area (Å²) in [6, 6.07) is 8.07. The fourth-order valence-corrected chi connectivity index (χ4v) is 2.41. The Morgan fingerprint density at radius 1 is 1.32 bits per heavy atom. The highest BCUT2D eigenvalue weighted by Gasteiger charge is 2.31. The van der Waals surface area contributed by atoms with Gasteiger partial charge in [-0.1, -0.05) is 43.3 Å². The summed E-state index contributed by atoms with van der Waals surface area (Å²) in [6.45, 7) is 2.10. The van der Waals surface area contributed by atoms with Gasteiger partial charge in [-0.3, -0.25) is 4.79 Å². The lowest BCUT2D eigenvalue weighted by molar-refractivity contribution is -0.138. The minimum atomic E-state index is -0.846. The first-order valence-corrected chi connectivity index (χ1v) is 6.38. The molecule has 2 rings (SSSR count). The zero-order valence-electron chi connectivity index (χ0n) is 11.2. The maximum Gasteiger partial charge on any atom is 0.314 e. The van der Waals surface area contributed by atoms with Crippen LogP contribution in [0.2, 0.25) is 0 Å². The Morgan fingerprint density at radius 2 is 1.95 bits per heavy atom. The first-order valence-electron chi connectivity index (χ1n) is 6.38. The number of rotatable bonds is 4. The van der Waals surface area contributed by atoms with Gasteiger partial charge >= 0.3 is 5.97 Å². The second kappa shape index (κ2) is 5.41. The molecule has 1 aliphatic rings. The van der Waals surface area contributed by atoms with Crippen LogP contribution in [-0.4, -0.2) is 18.2 Å². The summed E-state index contributed by atoms with van der Waals surface area (Å²) < 4.78 is 5.67. The van der Waals surface area contributed by atoms with E-state index in [9.17, 15) is 4.79 Å². The predicted molar refractivity (Wildman–Crippen MR) is 73.9 cm³/mol. The van der Waals surface area contributed by atoms with E-state index in [0.29, 0.717) is 0 Å². The Bertz CT molecular complexity index is 515. The van der Waals surface area contributed by atoms with Crippen molar-refractivity contribution >= 4 is 5.97 Å². The first-order chi connectivity index (χ1) is 9.13. The van der Waals surface area contributed by atoms with Gasteiger partial charge in [0.25, 0.3) is 0 Å². The smallest absolute Gasteiger partial charge is 0.314 e. The molecule has 19 heavy (non-hydrogen) atoms. The zero-order valence-corrected chi connectivity index (χ0v) is 11.2. The molecule has 0 amide bonds. The number of carboxylic acid groups (broad SMARTS) is 1. The molecule has 0 bridgehead atoms. The van der Waals surface area contributed by atoms with Crippen molar-refractivity contribution in [1.29, 1.82) is 0 Å². The highest BCUT2D eigenvalue weighted by molar-refractivity contribution is 5.75. The molecule has 0 atom stereocenters. The third kappa shape index (κ3) is 2.47. The van der Waals surface area contributed by atoms with Crippen LogP contribution in [0.1, 0.15) is 18.1 Å². The number of ether oxygens (including phenoxy) is 1. The van der Waals surface area contributed by atoms with Crippen molar-refractivity contribution in [1.82, 2.24) is 0 Å². The molecule has 0 unspecified atom stereocenters. The standard InChI is InChI=1S/C16H18O3/c1-3-12-6-4-5-7-14(12)16(19-2)10-8-13(9-11-16)15(17)18/h4-11,13H,3H2,1-2H3,(H,17,18). The first kappa shape index (κ1) is 13.6. The summed E-state index contributed by atoms with van der Waals surface area (Å²) in [5.74, 6) is -1.42. The molecule has 0 spiro atoms. The Balaban J connectivity index is 2.43. The van der Waals surface area contributed by atoms with E-state index in [1.165, 1.54) is 5.56 Å². The van der Waals surface area contributed by atoms with Gasteiger partial charge < -0.3 is 9.84 Å². The van der Waals surface area contributed by atoms with E-state index >= 15 is 0 Å². The molecule has 0 heterocycles. The van der Waals surface area contributed by atoms with Crippen molar-refractivity contribution in [2.24, 2.45) is 5.92 Å². The largest absolute Gasteiger partial charge is 0.481 e. The fraction of sp³-hybridized carbons (Fsp3) is 0.312. The normalized spacial score (nSPS) is 25.5. The molecule has 1 aromatic rings.